The number of nitrogens with one attached hydrogen (secondary N) is 3. The zero-order chi connectivity index (χ0) is 15.9. The number of likely N-dealkylation sites (N-methyl/N-ethyl adjacent to an activating group) is 1. The average Bonchev–Trinajstić information content (AvgIpc) is 2.55. The first-order chi connectivity index (χ1) is 10.6. The van der Waals surface area contributed by atoms with Gasteiger partial charge in [0.1, 0.15) is 0 Å². The lowest BCUT2D eigenvalue weighted by Gasteiger charge is -2.39. The van der Waals surface area contributed by atoms with E-state index in [9.17, 15) is 4.79 Å². The molecule has 2 aliphatic carbocycles. The second-order valence-corrected chi connectivity index (χ2v) is 7.47. The fraction of sp³-hybridized carbons (Fsp3) is 0.944. The van der Waals surface area contributed by atoms with E-state index < -0.39 is 0 Å². The van der Waals surface area contributed by atoms with Crippen LogP contribution in [0.4, 0.5) is 0 Å². The van der Waals surface area contributed by atoms with Gasteiger partial charge in [0.15, 0.2) is 0 Å². The van der Waals surface area contributed by atoms with Crippen LogP contribution in [0.1, 0.15) is 58.3 Å². The predicted molar refractivity (Wildman–Crippen MR) is 91.8 cm³/mol. The highest BCUT2D eigenvalue weighted by Crippen LogP contribution is 2.39. The van der Waals surface area contributed by atoms with E-state index in [0.717, 1.165) is 36.6 Å². The van der Waals surface area contributed by atoms with Crippen molar-refractivity contribution in [2.45, 2.75) is 70.4 Å². The van der Waals surface area contributed by atoms with Crippen LogP contribution in [0.2, 0.25) is 0 Å². The molecule has 1 unspecified atom stereocenters. The largest absolute Gasteiger partial charge is 0.352 e. The Labute approximate surface area is 136 Å². The molecular formula is C18H35N3O. The van der Waals surface area contributed by atoms with Crippen LogP contribution in [0.3, 0.4) is 0 Å². The van der Waals surface area contributed by atoms with Gasteiger partial charge < -0.3 is 16.0 Å². The van der Waals surface area contributed by atoms with Gasteiger partial charge in [-0.2, -0.15) is 0 Å². The molecule has 0 aromatic rings. The fourth-order valence-electron chi connectivity index (χ4n) is 4.55. The van der Waals surface area contributed by atoms with E-state index >= 15 is 0 Å². The normalized spacial score (nSPS) is 34.1. The summed E-state index contributed by atoms with van der Waals surface area (Å²) >= 11 is 0. The molecule has 128 valence electrons. The van der Waals surface area contributed by atoms with Gasteiger partial charge in [0.2, 0.25) is 5.91 Å². The maximum Gasteiger partial charge on any atom is 0.234 e. The summed E-state index contributed by atoms with van der Waals surface area (Å²) < 4.78 is 0. The zero-order valence-electron chi connectivity index (χ0n) is 14.7. The zero-order valence-corrected chi connectivity index (χ0v) is 14.7. The van der Waals surface area contributed by atoms with E-state index in [0.29, 0.717) is 12.6 Å². The highest BCUT2D eigenvalue weighted by atomic mass is 16.1. The van der Waals surface area contributed by atoms with Crippen LogP contribution in [0.15, 0.2) is 0 Å². The van der Waals surface area contributed by atoms with Gasteiger partial charge in [0, 0.05) is 12.1 Å². The number of carbonyl (C=O) groups excluding carboxylic acids is 1. The Morgan fingerprint density at radius 3 is 1.86 bits per heavy atom. The van der Waals surface area contributed by atoms with Gasteiger partial charge in [-0.3, -0.25) is 4.79 Å². The molecule has 0 bridgehead atoms. The molecule has 4 heteroatoms. The molecule has 1 atom stereocenters. The summed E-state index contributed by atoms with van der Waals surface area (Å²) in [6.45, 7) is 2.92. The third kappa shape index (κ3) is 4.95. The first-order valence-corrected chi connectivity index (χ1v) is 9.25. The highest BCUT2D eigenvalue weighted by molar-refractivity contribution is 5.78. The lowest BCUT2D eigenvalue weighted by atomic mass is 9.69. The molecule has 2 rings (SSSR count). The standard InChI is InChI=1S/C18H35N3O/c1-13(14-4-8-16(20-3)9-5-14)15-6-10-17(11-7-15)21-18(22)12-19-2/h13-17,19-20H,4-12H2,1-3H3,(H,21,22). The Bertz CT molecular complexity index is 331. The summed E-state index contributed by atoms with van der Waals surface area (Å²) in [5, 5.41) is 9.51. The molecule has 0 aromatic carbocycles. The van der Waals surface area contributed by atoms with Crippen LogP contribution >= 0.6 is 0 Å². The molecule has 1 amide bonds. The van der Waals surface area contributed by atoms with E-state index in [1.165, 1.54) is 38.5 Å². The molecule has 3 N–H and O–H groups in total. The maximum absolute atomic E-state index is 11.7. The second kappa shape index (κ2) is 8.88. The van der Waals surface area contributed by atoms with Gasteiger partial charge in [0.25, 0.3) is 0 Å². The summed E-state index contributed by atoms with van der Waals surface area (Å²) in [5.41, 5.74) is 0. The predicted octanol–water partition coefficient (Wildman–Crippen LogP) is 2.30. The summed E-state index contributed by atoms with van der Waals surface area (Å²) in [7, 11) is 3.92. The van der Waals surface area contributed by atoms with Gasteiger partial charge in [-0.15, -0.1) is 0 Å². The Morgan fingerprint density at radius 2 is 1.41 bits per heavy atom. The Morgan fingerprint density at radius 1 is 0.909 bits per heavy atom. The first kappa shape index (κ1) is 17.7. The van der Waals surface area contributed by atoms with Crippen LogP contribution in [0.5, 0.6) is 0 Å². The topological polar surface area (TPSA) is 53.2 Å². The van der Waals surface area contributed by atoms with Crippen LogP contribution in [-0.4, -0.2) is 38.6 Å². The van der Waals surface area contributed by atoms with Crippen LogP contribution < -0.4 is 16.0 Å². The molecular weight excluding hydrogens is 274 g/mol. The molecule has 0 aliphatic heterocycles. The molecule has 0 radical (unpaired) electrons. The van der Waals surface area contributed by atoms with E-state index in [-0.39, 0.29) is 5.91 Å². The summed E-state index contributed by atoms with van der Waals surface area (Å²) in [6, 6.07) is 1.16. The smallest absolute Gasteiger partial charge is 0.234 e. The SMILES string of the molecule is CNCC(=O)NC1CCC(C(C)C2CCC(NC)CC2)CC1. The quantitative estimate of drug-likeness (QED) is 0.706. The molecule has 2 fully saturated rings. The fourth-order valence-corrected chi connectivity index (χ4v) is 4.55. The molecule has 4 nitrogen and oxygen atoms in total. The highest BCUT2D eigenvalue weighted by Gasteiger charge is 2.32. The Kier molecular flexibility index (Phi) is 7.16. The van der Waals surface area contributed by atoms with Crippen molar-refractivity contribution in [1.82, 2.24) is 16.0 Å². The molecule has 0 spiro atoms. The van der Waals surface area contributed by atoms with E-state index in [1.54, 1.807) is 0 Å². The Balaban J connectivity index is 1.71. The second-order valence-electron chi connectivity index (χ2n) is 7.47. The lowest BCUT2D eigenvalue weighted by Crippen LogP contribution is -2.42. The van der Waals surface area contributed by atoms with Gasteiger partial charge in [-0.25, -0.2) is 0 Å². The van der Waals surface area contributed by atoms with Gasteiger partial charge >= 0.3 is 0 Å². The molecule has 0 aromatic heterocycles. The minimum Gasteiger partial charge on any atom is -0.352 e. The molecule has 22 heavy (non-hydrogen) atoms. The van der Waals surface area contributed by atoms with Crippen LogP contribution in [0, 0.1) is 17.8 Å². The lowest BCUT2D eigenvalue weighted by molar-refractivity contribution is -0.121. The number of carbonyl (C=O) groups is 1. The van der Waals surface area contributed by atoms with Crippen molar-refractivity contribution in [1.29, 1.82) is 0 Å². The minimum absolute atomic E-state index is 0.143. The summed E-state index contributed by atoms with van der Waals surface area (Å²) in [4.78, 5) is 11.7. The number of rotatable bonds is 6. The third-order valence-electron chi connectivity index (χ3n) is 6.14. The van der Waals surface area contributed by atoms with Crippen molar-refractivity contribution in [3.63, 3.8) is 0 Å². The van der Waals surface area contributed by atoms with Crippen molar-refractivity contribution in [2.75, 3.05) is 20.6 Å². The van der Waals surface area contributed by atoms with Crippen LogP contribution in [0.25, 0.3) is 0 Å². The van der Waals surface area contributed by atoms with Crippen molar-refractivity contribution >= 4 is 5.91 Å². The van der Waals surface area contributed by atoms with Gasteiger partial charge in [-0.05, 0) is 83.2 Å². The summed E-state index contributed by atoms with van der Waals surface area (Å²) in [6.07, 6.45) is 10.4. The number of hydrogen-bond acceptors (Lipinski definition) is 3. The van der Waals surface area contributed by atoms with Gasteiger partial charge in [-0.1, -0.05) is 6.92 Å². The third-order valence-corrected chi connectivity index (χ3v) is 6.14. The monoisotopic (exact) mass is 309 g/mol. The van der Waals surface area contributed by atoms with E-state index in [4.69, 9.17) is 0 Å². The minimum atomic E-state index is 0.143. The molecule has 2 saturated carbocycles. The maximum atomic E-state index is 11.7. The van der Waals surface area contributed by atoms with Crippen LogP contribution in [-0.2, 0) is 4.79 Å². The van der Waals surface area contributed by atoms with E-state index in [1.807, 2.05) is 7.05 Å². The first-order valence-electron chi connectivity index (χ1n) is 9.25. The van der Waals surface area contributed by atoms with Crippen molar-refractivity contribution in [2.24, 2.45) is 17.8 Å². The van der Waals surface area contributed by atoms with Gasteiger partial charge in [0.05, 0.1) is 6.54 Å². The molecule has 0 heterocycles. The molecule has 0 saturated heterocycles. The number of hydrogen-bond donors (Lipinski definition) is 3. The summed E-state index contributed by atoms with van der Waals surface area (Å²) in [5.74, 6) is 2.79. The van der Waals surface area contributed by atoms with Crippen molar-refractivity contribution in [3.8, 4) is 0 Å². The number of amides is 1. The van der Waals surface area contributed by atoms with E-state index in [2.05, 4.69) is 29.9 Å². The van der Waals surface area contributed by atoms with Crippen molar-refractivity contribution in [3.05, 3.63) is 0 Å². The average molecular weight is 309 g/mol. The van der Waals surface area contributed by atoms with Crippen molar-refractivity contribution < 1.29 is 4.79 Å². The Hall–Kier alpha value is -0.610. The molecule has 2 aliphatic rings.